The molecule has 2 atom stereocenters. The Morgan fingerprint density at radius 1 is 1.09 bits per heavy atom. The summed E-state index contributed by atoms with van der Waals surface area (Å²) in [6, 6.07) is 21.4. The molecule has 0 saturated carbocycles. The van der Waals surface area contributed by atoms with Crippen molar-refractivity contribution in [2.24, 2.45) is 0 Å². The number of aromatic nitrogens is 1. The fourth-order valence-corrected chi connectivity index (χ4v) is 4.69. The molecule has 5 rings (SSSR count). The van der Waals surface area contributed by atoms with Gasteiger partial charge < -0.3 is 19.4 Å². The van der Waals surface area contributed by atoms with E-state index in [1.54, 1.807) is 31.5 Å². The van der Waals surface area contributed by atoms with Crippen molar-refractivity contribution in [3.8, 4) is 17.1 Å². The van der Waals surface area contributed by atoms with Crippen LogP contribution in [0.2, 0.25) is 0 Å². The van der Waals surface area contributed by atoms with Crippen LogP contribution in [0.4, 0.5) is 10.1 Å². The van der Waals surface area contributed by atoms with Gasteiger partial charge in [0.15, 0.2) is 5.11 Å². The minimum atomic E-state index is -0.362. The summed E-state index contributed by atoms with van der Waals surface area (Å²) in [6.07, 6.45) is 1.75. The molecule has 0 bridgehead atoms. The van der Waals surface area contributed by atoms with Gasteiger partial charge in [0.2, 0.25) is 0 Å². The molecule has 33 heavy (non-hydrogen) atoms. The number of furan rings is 1. The molecule has 8 heteroatoms. The minimum absolute atomic E-state index is 0.255. The lowest BCUT2D eigenvalue weighted by Crippen LogP contribution is -2.29. The molecule has 0 aliphatic carbocycles. The van der Waals surface area contributed by atoms with E-state index >= 15 is 0 Å². The molecule has 1 fully saturated rings. The fourth-order valence-electron chi connectivity index (χ4n) is 4.01. The second-order valence-corrected chi connectivity index (χ2v) is 8.82. The van der Waals surface area contributed by atoms with Gasteiger partial charge >= 0.3 is 0 Å². The van der Waals surface area contributed by atoms with Crippen molar-refractivity contribution >= 4 is 38.9 Å². The van der Waals surface area contributed by atoms with E-state index in [1.165, 1.54) is 6.07 Å². The smallest absolute Gasteiger partial charge is 0.174 e. The predicted molar refractivity (Wildman–Crippen MR) is 133 cm³/mol. The van der Waals surface area contributed by atoms with Crippen molar-refractivity contribution in [3.63, 3.8) is 0 Å². The third kappa shape index (κ3) is 4.12. The Bertz CT molecular complexity index is 1300. The minimum Gasteiger partial charge on any atom is -0.497 e. The fraction of sp³-hybridized carbons (Fsp3) is 0.120. The first-order valence-corrected chi connectivity index (χ1v) is 11.4. The zero-order valence-electron chi connectivity index (χ0n) is 17.5. The molecule has 1 aliphatic heterocycles. The van der Waals surface area contributed by atoms with Crippen LogP contribution in [0.15, 0.2) is 87.9 Å². The number of methoxy groups -OCH3 is 1. The summed E-state index contributed by atoms with van der Waals surface area (Å²) in [5.74, 6) is 1.48. The number of nitrogens with one attached hydrogen (secondary N) is 1. The molecule has 0 amide bonds. The van der Waals surface area contributed by atoms with Crippen LogP contribution in [-0.4, -0.2) is 17.2 Å². The normalized spacial score (nSPS) is 17.8. The monoisotopic (exact) mass is 523 g/mol. The van der Waals surface area contributed by atoms with Gasteiger partial charge in [-0.3, -0.25) is 4.98 Å². The Morgan fingerprint density at radius 2 is 1.91 bits per heavy atom. The summed E-state index contributed by atoms with van der Waals surface area (Å²) in [5, 5.41) is 3.94. The highest BCUT2D eigenvalue weighted by Crippen LogP contribution is 2.43. The number of halogens is 2. The summed E-state index contributed by atoms with van der Waals surface area (Å²) in [6.45, 7) is 0. The van der Waals surface area contributed by atoms with Crippen LogP contribution in [0.5, 0.6) is 5.75 Å². The van der Waals surface area contributed by atoms with E-state index in [9.17, 15) is 4.39 Å². The van der Waals surface area contributed by atoms with Gasteiger partial charge in [0, 0.05) is 16.4 Å². The van der Waals surface area contributed by atoms with E-state index in [4.69, 9.17) is 21.4 Å². The van der Waals surface area contributed by atoms with E-state index in [0.717, 1.165) is 17.1 Å². The lowest BCUT2D eigenvalue weighted by Gasteiger charge is -2.26. The van der Waals surface area contributed by atoms with Crippen molar-refractivity contribution in [2.75, 3.05) is 12.0 Å². The lowest BCUT2D eigenvalue weighted by molar-refractivity contribution is 0.414. The van der Waals surface area contributed by atoms with Crippen LogP contribution in [0.25, 0.3) is 11.3 Å². The van der Waals surface area contributed by atoms with Crippen LogP contribution in [-0.2, 0) is 0 Å². The molecule has 0 spiro atoms. The highest BCUT2D eigenvalue weighted by molar-refractivity contribution is 9.10. The van der Waals surface area contributed by atoms with Gasteiger partial charge in [-0.1, -0.05) is 22.0 Å². The van der Waals surface area contributed by atoms with E-state index in [0.29, 0.717) is 26.7 Å². The average Bonchev–Trinajstić information content (AvgIpc) is 3.44. The van der Waals surface area contributed by atoms with Gasteiger partial charge in [-0.05, 0) is 78.9 Å². The summed E-state index contributed by atoms with van der Waals surface area (Å²) in [5.41, 5.74) is 2.10. The van der Waals surface area contributed by atoms with Crippen molar-refractivity contribution in [1.29, 1.82) is 0 Å². The Labute approximate surface area is 204 Å². The molecule has 0 radical (unpaired) electrons. The quantitative estimate of drug-likeness (QED) is 0.304. The highest BCUT2D eigenvalue weighted by atomic mass is 79.9. The third-order valence-corrected chi connectivity index (χ3v) is 6.37. The van der Waals surface area contributed by atoms with Crippen LogP contribution in [0.3, 0.4) is 0 Å². The molecule has 1 N–H and O–H groups in total. The Hall–Kier alpha value is -3.23. The number of pyridine rings is 1. The van der Waals surface area contributed by atoms with E-state index < -0.39 is 0 Å². The molecule has 1 saturated heterocycles. The summed E-state index contributed by atoms with van der Waals surface area (Å²) in [4.78, 5) is 6.53. The average molecular weight is 524 g/mol. The first-order chi connectivity index (χ1) is 16.0. The molecular formula is C25H19BrFN3O2S. The van der Waals surface area contributed by atoms with Crippen molar-refractivity contribution in [2.45, 2.75) is 12.1 Å². The largest absolute Gasteiger partial charge is 0.497 e. The molecule has 5 nitrogen and oxygen atoms in total. The molecular weight excluding hydrogens is 505 g/mol. The zero-order chi connectivity index (χ0) is 22.9. The van der Waals surface area contributed by atoms with Crippen molar-refractivity contribution < 1.29 is 13.5 Å². The summed E-state index contributed by atoms with van der Waals surface area (Å²) in [7, 11) is 1.63. The van der Waals surface area contributed by atoms with Crippen molar-refractivity contribution in [1.82, 2.24) is 10.3 Å². The summed E-state index contributed by atoms with van der Waals surface area (Å²) < 4.78 is 26.8. The molecule has 166 valence electrons. The van der Waals surface area contributed by atoms with Crippen LogP contribution < -0.4 is 15.0 Å². The Kier molecular flexibility index (Phi) is 5.86. The summed E-state index contributed by atoms with van der Waals surface area (Å²) >= 11 is 9.02. The maximum absolute atomic E-state index is 14.6. The number of rotatable bonds is 5. The van der Waals surface area contributed by atoms with Crippen molar-refractivity contribution in [3.05, 3.63) is 101 Å². The van der Waals surface area contributed by atoms with Crippen LogP contribution in [0, 0.1) is 5.82 Å². The molecule has 1 aliphatic rings. The van der Waals surface area contributed by atoms with Crippen LogP contribution >= 0.6 is 28.1 Å². The standard InChI is InChI=1S/C25H19BrFN3O2S/c1-31-17-8-6-16(7-9-17)30-24(23(29-25(30)33)20-4-2-3-13-28-20)22-12-11-21(32-22)18-10-5-15(26)14-19(18)27/h2-14,23-24H,1H3,(H,29,33)/t23-,24+/m0/s1. The third-order valence-electron chi connectivity index (χ3n) is 5.56. The number of benzene rings is 2. The molecule has 0 unspecified atom stereocenters. The van der Waals surface area contributed by atoms with E-state index in [2.05, 4.69) is 26.2 Å². The Balaban J connectivity index is 1.59. The zero-order valence-corrected chi connectivity index (χ0v) is 19.9. The first-order valence-electron chi connectivity index (χ1n) is 10.2. The molecule has 2 aromatic heterocycles. The van der Waals surface area contributed by atoms with Gasteiger partial charge in [-0.2, -0.15) is 0 Å². The number of nitrogens with zero attached hydrogens (tertiary/aromatic N) is 2. The molecule has 3 heterocycles. The van der Waals surface area contributed by atoms with Gasteiger partial charge in [0.1, 0.15) is 29.1 Å². The second-order valence-electron chi connectivity index (χ2n) is 7.52. The molecule has 2 aromatic carbocycles. The number of anilines is 1. The number of thiocarbonyl (C=S) groups is 1. The van der Waals surface area contributed by atoms with E-state index in [1.807, 2.05) is 53.4 Å². The number of hydrogen-bond donors (Lipinski definition) is 1. The maximum Gasteiger partial charge on any atom is 0.174 e. The van der Waals surface area contributed by atoms with Gasteiger partial charge in [-0.25, -0.2) is 4.39 Å². The SMILES string of the molecule is COc1ccc(N2C(=S)N[C@@H](c3ccccn3)[C@H]2c2ccc(-c3ccc(Br)cc3F)o2)cc1. The lowest BCUT2D eigenvalue weighted by atomic mass is 10.0. The Morgan fingerprint density at radius 3 is 2.61 bits per heavy atom. The van der Waals surface area contributed by atoms with Gasteiger partial charge in [0.05, 0.1) is 24.4 Å². The maximum atomic E-state index is 14.6. The topological polar surface area (TPSA) is 50.5 Å². The highest BCUT2D eigenvalue weighted by Gasteiger charge is 2.42. The second kappa shape index (κ2) is 8.96. The van der Waals surface area contributed by atoms with Crippen LogP contribution in [0.1, 0.15) is 23.5 Å². The van der Waals surface area contributed by atoms with E-state index in [-0.39, 0.29) is 17.9 Å². The number of ether oxygens (including phenoxy) is 1. The first kappa shape index (κ1) is 21.6. The van der Waals surface area contributed by atoms with Gasteiger partial charge in [-0.15, -0.1) is 0 Å². The predicted octanol–water partition coefficient (Wildman–Crippen LogP) is 6.43. The van der Waals surface area contributed by atoms with Gasteiger partial charge in [0.25, 0.3) is 0 Å². The number of hydrogen-bond acceptors (Lipinski definition) is 4. The molecule has 4 aromatic rings.